The predicted molar refractivity (Wildman–Crippen MR) is 169 cm³/mol. The number of benzene rings is 4. The molecule has 3 atom stereocenters. The van der Waals surface area contributed by atoms with Gasteiger partial charge in [-0.25, -0.2) is 4.90 Å². The van der Waals surface area contributed by atoms with Gasteiger partial charge in [0.2, 0.25) is 17.7 Å². The van der Waals surface area contributed by atoms with Crippen molar-refractivity contribution in [3.63, 3.8) is 0 Å². The molecule has 5 aliphatic rings. The summed E-state index contributed by atoms with van der Waals surface area (Å²) in [6.45, 7) is 6.04. The van der Waals surface area contributed by atoms with Gasteiger partial charge in [0.05, 0.1) is 23.4 Å². The summed E-state index contributed by atoms with van der Waals surface area (Å²) < 4.78 is 5.75. The van der Waals surface area contributed by atoms with Gasteiger partial charge in [0.15, 0.2) is 0 Å². The van der Waals surface area contributed by atoms with Gasteiger partial charge in [0.1, 0.15) is 5.75 Å². The molecule has 0 radical (unpaired) electrons. The zero-order chi connectivity index (χ0) is 31.1. The third-order valence-corrected chi connectivity index (χ3v) is 10.4. The van der Waals surface area contributed by atoms with Crippen LogP contribution in [0.5, 0.6) is 5.75 Å². The number of amides is 3. The summed E-state index contributed by atoms with van der Waals surface area (Å²) in [5.41, 5.74) is 8.59. The molecule has 0 unspecified atom stereocenters. The summed E-state index contributed by atoms with van der Waals surface area (Å²) in [5, 5.41) is 0. The first-order chi connectivity index (χ1) is 21.7. The van der Waals surface area contributed by atoms with Gasteiger partial charge in [-0.3, -0.25) is 19.2 Å². The average molecular weight is 597 g/mol. The van der Waals surface area contributed by atoms with E-state index in [1.165, 1.54) is 4.90 Å². The normalized spacial score (nSPS) is 24.5. The van der Waals surface area contributed by atoms with Crippen molar-refractivity contribution in [2.24, 2.45) is 17.8 Å². The summed E-state index contributed by atoms with van der Waals surface area (Å²) in [7, 11) is 0. The SMILES string of the molecule is Cc1cc(OC(=O)[C@H]2CC(=O)N(c3cccc(C)c3C)C2)ccc1N1C(=O)[C@@H]2C3c4ccccc4C(c4ccccc43)[C@@H]2C1=O. The molecule has 4 aromatic carbocycles. The Morgan fingerprint density at radius 1 is 0.689 bits per heavy atom. The number of rotatable bonds is 4. The van der Waals surface area contributed by atoms with Crippen LogP contribution in [0, 0.1) is 38.5 Å². The first-order valence-corrected chi connectivity index (χ1v) is 15.5. The molecule has 45 heavy (non-hydrogen) atoms. The number of hydrogen-bond donors (Lipinski definition) is 0. The molecule has 2 saturated heterocycles. The van der Waals surface area contributed by atoms with E-state index in [0.29, 0.717) is 17.0 Å². The second kappa shape index (κ2) is 9.99. The molecule has 2 bridgehead atoms. The topological polar surface area (TPSA) is 84.0 Å². The van der Waals surface area contributed by atoms with E-state index in [1.807, 2.05) is 63.2 Å². The van der Waals surface area contributed by atoms with E-state index >= 15 is 0 Å². The van der Waals surface area contributed by atoms with E-state index in [0.717, 1.165) is 39.1 Å². The average Bonchev–Trinajstić information content (AvgIpc) is 3.55. The third-order valence-electron chi connectivity index (χ3n) is 10.4. The van der Waals surface area contributed by atoms with Crippen LogP contribution in [0.3, 0.4) is 0 Å². The van der Waals surface area contributed by atoms with E-state index in [1.54, 1.807) is 23.1 Å². The minimum Gasteiger partial charge on any atom is -0.426 e. The van der Waals surface area contributed by atoms with Crippen molar-refractivity contribution in [1.82, 2.24) is 0 Å². The summed E-state index contributed by atoms with van der Waals surface area (Å²) in [4.78, 5) is 57.4. The fourth-order valence-corrected chi connectivity index (χ4v) is 8.18. The van der Waals surface area contributed by atoms with Gasteiger partial charge in [0, 0.05) is 30.5 Å². The highest BCUT2D eigenvalue weighted by molar-refractivity contribution is 6.23. The molecule has 0 saturated carbocycles. The summed E-state index contributed by atoms with van der Waals surface area (Å²) in [6.07, 6.45) is 0.0793. The standard InChI is InChI=1S/C38H32N2O5/c1-20-9-8-14-30(22(20)3)39-19-23(18-31(39)41)38(44)45-24-15-16-29(21(2)17-24)40-36(42)34-32-25-10-4-5-11-26(25)33(35(34)37(40)43)28-13-7-6-12-27(28)32/h4-17,23,32-35H,18-19H2,1-3H3/t23-,32?,33?,34-,35+/m0/s1. The quantitative estimate of drug-likeness (QED) is 0.165. The third kappa shape index (κ3) is 3.96. The fraction of sp³-hybridized carbons (Fsp3) is 0.263. The molecule has 3 aliphatic carbocycles. The van der Waals surface area contributed by atoms with Gasteiger partial charge in [-0.15, -0.1) is 0 Å². The maximum atomic E-state index is 14.2. The Bertz CT molecular complexity index is 1850. The van der Waals surface area contributed by atoms with E-state index in [2.05, 4.69) is 24.3 Å². The fourth-order valence-electron chi connectivity index (χ4n) is 8.18. The number of esters is 1. The van der Waals surface area contributed by atoms with Gasteiger partial charge in [-0.05, 0) is 84.0 Å². The molecule has 4 aromatic rings. The van der Waals surface area contributed by atoms with Crippen LogP contribution in [-0.2, 0) is 19.2 Å². The largest absolute Gasteiger partial charge is 0.426 e. The first-order valence-electron chi connectivity index (χ1n) is 15.5. The van der Waals surface area contributed by atoms with Gasteiger partial charge < -0.3 is 9.64 Å². The van der Waals surface area contributed by atoms with Crippen molar-refractivity contribution >= 4 is 35.1 Å². The van der Waals surface area contributed by atoms with Gasteiger partial charge in [-0.2, -0.15) is 0 Å². The number of imide groups is 1. The molecule has 3 amide bonds. The molecule has 224 valence electrons. The van der Waals surface area contributed by atoms with E-state index in [4.69, 9.17) is 4.74 Å². The highest BCUT2D eigenvalue weighted by Gasteiger charge is 2.61. The molecular formula is C38H32N2O5. The Labute approximate surface area is 261 Å². The minimum atomic E-state index is -0.596. The van der Waals surface area contributed by atoms with Crippen molar-refractivity contribution in [2.45, 2.75) is 39.0 Å². The molecule has 7 nitrogen and oxygen atoms in total. The van der Waals surface area contributed by atoms with Crippen LogP contribution < -0.4 is 14.5 Å². The number of hydrogen-bond acceptors (Lipinski definition) is 5. The zero-order valence-corrected chi connectivity index (χ0v) is 25.3. The number of anilines is 2. The zero-order valence-electron chi connectivity index (χ0n) is 25.3. The van der Waals surface area contributed by atoms with Crippen molar-refractivity contribution in [3.8, 4) is 5.75 Å². The lowest BCUT2D eigenvalue weighted by Gasteiger charge is -2.45. The van der Waals surface area contributed by atoms with E-state index in [9.17, 15) is 19.2 Å². The maximum Gasteiger partial charge on any atom is 0.316 e. The van der Waals surface area contributed by atoms with E-state index < -0.39 is 23.7 Å². The van der Waals surface area contributed by atoms with Crippen molar-refractivity contribution < 1.29 is 23.9 Å². The molecule has 0 N–H and O–H groups in total. The highest BCUT2D eigenvalue weighted by atomic mass is 16.5. The number of ether oxygens (including phenoxy) is 1. The van der Waals surface area contributed by atoms with Crippen LogP contribution in [0.15, 0.2) is 84.9 Å². The van der Waals surface area contributed by atoms with Crippen LogP contribution in [0.2, 0.25) is 0 Å². The van der Waals surface area contributed by atoms with Crippen molar-refractivity contribution in [3.05, 3.63) is 124 Å². The Balaban J connectivity index is 1.04. The summed E-state index contributed by atoms with van der Waals surface area (Å²) in [5.74, 6) is -2.53. The molecule has 0 spiro atoms. The van der Waals surface area contributed by atoms with Crippen LogP contribution in [0.1, 0.15) is 57.2 Å². The lowest BCUT2D eigenvalue weighted by Crippen LogP contribution is -2.41. The van der Waals surface area contributed by atoms with Crippen molar-refractivity contribution in [1.29, 1.82) is 0 Å². The second-order valence-corrected chi connectivity index (χ2v) is 12.8. The van der Waals surface area contributed by atoms with Gasteiger partial charge >= 0.3 is 5.97 Å². The van der Waals surface area contributed by atoms with Crippen LogP contribution in [-0.4, -0.2) is 30.2 Å². The second-order valence-electron chi connectivity index (χ2n) is 12.8. The highest BCUT2D eigenvalue weighted by Crippen LogP contribution is 2.61. The van der Waals surface area contributed by atoms with Crippen molar-refractivity contribution in [2.75, 3.05) is 16.3 Å². The molecule has 2 aliphatic heterocycles. The molecule has 2 fully saturated rings. The molecule has 7 heteroatoms. The number of carbonyl (C=O) groups is 4. The Morgan fingerprint density at radius 2 is 1.27 bits per heavy atom. The monoisotopic (exact) mass is 596 g/mol. The van der Waals surface area contributed by atoms with Crippen LogP contribution in [0.25, 0.3) is 0 Å². The molecular weight excluding hydrogens is 564 g/mol. The molecule has 9 rings (SSSR count). The summed E-state index contributed by atoms with van der Waals surface area (Å²) in [6, 6.07) is 27.2. The summed E-state index contributed by atoms with van der Waals surface area (Å²) >= 11 is 0. The Morgan fingerprint density at radius 3 is 1.82 bits per heavy atom. The number of nitrogens with zero attached hydrogens (tertiary/aromatic N) is 2. The van der Waals surface area contributed by atoms with Gasteiger partial charge in [0.25, 0.3) is 0 Å². The molecule has 2 heterocycles. The number of aryl methyl sites for hydroxylation is 2. The lowest BCUT2D eigenvalue weighted by atomic mass is 9.55. The smallest absolute Gasteiger partial charge is 0.316 e. The Kier molecular flexibility index (Phi) is 6.11. The van der Waals surface area contributed by atoms with Crippen LogP contribution >= 0.6 is 0 Å². The molecule has 0 aromatic heterocycles. The predicted octanol–water partition coefficient (Wildman–Crippen LogP) is 5.97. The van der Waals surface area contributed by atoms with E-state index in [-0.39, 0.29) is 42.5 Å². The number of carbonyl (C=O) groups excluding carboxylic acids is 4. The first kappa shape index (κ1) is 27.5. The Hall–Kier alpha value is -5.04. The van der Waals surface area contributed by atoms with Gasteiger partial charge in [-0.1, -0.05) is 60.7 Å². The van der Waals surface area contributed by atoms with Crippen LogP contribution in [0.4, 0.5) is 11.4 Å². The minimum absolute atomic E-state index is 0.0793. The maximum absolute atomic E-state index is 14.2. The lowest BCUT2D eigenvalue weighted by molar-refractivity contribution is -0.139.